The van der Waals surface area contributed by atoms with Gasteiger partial charge in [0.2, 0.25) is 5.91 Å². The Bertz CT molecular complexity index is 891. The van der Waals surface area contributed by atoms with Gasteiger partial charge in [0, 0.05) is 26.3 Å². The van der Waals surface area contributed by atoms with Gasteiger partial charge in [-0.1, -0.05) is 156 Å². The predicted octanol–water partition coefficient (Wildman–Crippen LogP) is 13.3. The molecule has 1 amide bonds. The van der Waals surface area contributed by atoms with Crippen molar-refractivity contribution in [3.8, 4) is 0 Å². The summed E-state index contributed by atoms with van der Waals surface area (Å²) in [6.45, 7) is 9.69. The highest BCUT2D eigenvalue weighted by molar-refractivity contribution is 5.82. The van der Waals surface area contributed by atoms with Gasteiger partial charge in [-0.3, -0.25) is 19.2 Å². The number of carbonyl (C=O) groups excluding carboxylic acids is 4. The molecule has 2 atom stereocenters. The van der Waals surface area contributed by atoms with Crippen LogP contribution >= 0.6 is 0 Å². The van der Waals surface area contributed by atoms with Crippen molar-refractivity contribution in [2.75, 3.05) is 26.8 Å². The number of nitrogens with zero attached hydrogens (tertiary/aromatic N) is 1. The third-order valence-corrected chi connectivity index (χ3v) is 11.0. The van der Waals surface area contributed by atoms with E-state index in [9.17, 15) is 19.2 Å². The monoisotopic (exact) mass is 764 g/mol. The van der Waals surface area contributed by atoms with Crippen molar-refractivity contribution in [2.45, 2.75) is 240 Å². The van der Waals surface area contributed by atoms with Crippen LogP contribution < -0.4 is 0 Å². The summed E-state index contributed by atoms with van der Waals surface area (Å²) < 4.78 is 11.1. The van der Waals surface area contributed by atoms with E-state index in [4.69, 9.17) is 9.47 Å². The van der Waals surface area contributed by atoms with Gasteiger partial charge in [0.1, 0.15) is 12.3 Å². The smallest absolute Gasteiger partial charge is 0.325 e. The van der Waals surface area contributed by atoms with Crippen molar-refractivity contribution in [1.82, 2.24) is 4.90 Å². The van der Waals surface area contributed by atoms with Gasteiger partial charge in [-0.05, 0) is 70.1 Å². The zero-order valence-electron chi connectivity index (χ0n) is 36.5. The first-order chi connectivity index (χ1) is 26.3. The van der Waals surface area contributed by atoms with Gasteiger partial charge in [0.05, 0.1) is 19.1 Å². The molecule has 0 saturated carbocycles. The van der Waals surface area contributed by atoms with Crippen LogP contribution in [0.3, 0.4) is 0 Å². The molecule has 0 aromatic carbocycles. The van der Waals surface area contributed by atoms with Crippen LogP contribution in [0.5, 0.6) is 0 Å². The standard InChI is InChI=1S/C47H89NO6/c1-6-10-14-18-20-25-33-42(32-24-16-12-8-3)40-45(50)48(5)41-46(51)53-38-30-22-28-36-44(49)37-29-23-31-39-54-47(52)43(34-26-17-13-9-4)35-27-21-19-15-11-7-2/h42-43H,6-41H2,1-5H3. The first-order valence-electron chi connectivity index (χ1n) is 23.4. The van der Waals surface area contributed by atoms with Crippen molar-refractivity contribution in [1.29, 1.82) is 0 Å². The number of likely N-dealkylation sites (N-methyl/N-ethyl adjacent to an activating group) is 1. The third-order valence-electron chi connectivity index (χ3n) is 11.0. The van der Waals surface area contributed by atoms with Gasteiger partial charge in [-0.15, -0.1) is 0 Å². The maximum atomic E-state index is 13.0. The zero-order valence-corrected chi connectivity index (χ0v) is 36.5. The molecule has 54 heavy (non-hydrogen) atoms. The summed E-state index contributed by atoms with van der Waals surface area (Å²) in [5.41, 5.74) is 0. The van der Waals surface area contributed by atoms with Crippen molar-refractivity contribution in [2.24, 2.45) is 11.8 Å². The van der Waals surface area contributed by atoms with E-state index in [2.05, 4.69) is 27.7 Å². The van der Waals surface area contributed by atoms with Gasteiger partial charge in [-0.25, -0.2) is 0 Å². The lowest BCUT2D eigenvalue weighted by Crippen LogP contribution is -2.34. The SMILES string of the molecule is CCCCCCCCC(CCCCCC)CC(=O)N(C)CC(=O)OCCCCCC(=O)CCCCCOC(=O)C(CCCCCC)CCCCCCCC. The third kappa shape index (κ3) is 33.4. The molecule has 0 rings (SSSR count). The lowest BCUT2D eigenvalue weighted by Gasteiger charge is -2.21. The Labute approximate surface area is 334 Å². The molecule has 0 saturated heterocycles. The molecule has 0 N–H and O–H groups in total. The van der Waals surface area contributed by atoms with E-state index < -0.39 is 0 Å². The predicted molar refractivity (Wildman–Crippen MR) is 227 cm³/mol. The minimum absolute atomic E-state index is 0.00505. The molecule has 0 aliphatic heterocycles. The Kier molecular flexibility index (Phi) is 37.9. The molecule has 0 spiro atoms. The summed E-state index contributed by atoms with van der Waals surface area (Å²) in [6.07, 6.45) is 35.2. The number of hydrogen-bond donors (Lipinski definition) is 0. The van der Waals surface area contributed by atoms with Crippen LogP contribution in [0.25, 0.3) is 0 Å². The second kappa shape index (κ2) is 39.3. The van der Waals surface area contributed by atoms with Crippen molar-refractivity contribution in [3.63, 3.8) is 0 Å². The van der Waals surface area contributed by atoms with Crippen molar-refractivity contribution >= 4 is 23.6 Å². The van der Waals surface area contributed by atoms with E-state index in [1.165, 1.54) is 120 Å². The Balaban J connectivity index is 4.14. The number of esters is 2. The average molecular weight is 764 g/mol. The second-order valence-electron chi connectivity index (χ2n) is 16.4. The molecular formula is C47H89NO6. The number of ketones is 1. The fraction of sp³-hybridized carbons (Fsp3) is 0.915. The summed E-state index contributed by atoms with van der Waals surface area (Å²) in [5, 5.41) is 0. The highest BCUT2D eigenvalue weighted by Crippen LogP contribution is 2.23. The summed E-state index contributed by atoms with van der Waals surface area (Å²) in [6, 6.07) is 0. The number of hydrogen-bond acceptors (Lipinski definition) is 6. The normalized spacial score (nSPS) is 12.4. The maximum absolute atomic E-state index is 13.0. The molecule has 0 aromatic heterocycles. The average Bonchev–Trinajstić information content (AvgIpc) is 3.16. The van der Waals surface area contributed by atoms with Crippen LogP contribution in [0.15, 0.2) is 0 Å². The molecule has 0 radical (unpaired) electrons. The van der Waals surface area contributed by atoms with E-state index in [1.54, 1.807) is 7.05 Å². The number of amides is 1. The fourth-order valence-electron chi connectivity index (χ4n) is 7.32. The van der Waals surface area contributed by atoms with Crippen LogP contribution in [0.4, 0.5) is 0 Å². The highest BCUT2D eigenvalue weighted by Gasteiger charge is 2.20. The maximum Gasteiger partial charge on any atom is 0.325 e. The number of unbranched alkanes of at least 4 members (excludes halogenated alkanes) is 20. The van der Waals surface area contributed by atoms with Gasteiger partial charge in [0.15, 0.2) is 0 Å². The lowest BCUT2D eigenvalue weighted by molar-refractivity contribution is -0.149. The van der Waals surface area contributed by atoms with E-state index in [1.807, 2.05) is 0 Å². The molecule has 0 heterocycles. The summed E-state index contributed by atoms with van der Waals surface area (Å²) >= 11 is 0. The first kappa shape index (κ1) is 52.1. The highest BCUT2D eigenvalue weighted by atomic mass is 16.5. The quantitative estimate of drug-likeness (QED) is 0.0455. The lowest BCUT2D eigenvalue weighted by atomic mass is 9.91. The van der Waals surface area contributed by atoms with E-state index in [-0.39, 0.29) is 36.1 Å². The second-order valence-corrected chi connectivity index (χ2v) is 16.4. The zero-order chi connectivity index (χ0) is 39.9. The van der Waals surface area contributed by atoms with E-state index in [0.29, 0.717) is 38.4 Å². The molecule has 0 aliphatic carbocycles. The molecule has 7 nitrogen and oxygen atoms in total. The fourth-order valence-corrected chi connectivity index (χ4v) is 7.32. The summed E-state index contributed by atoms with van der Waals surface area (Å²) in [4.78, 5) is 52.2. The van der Waals surface area contributed by atoms with Crippen molar-refractivity contribution < 1.29 is 28.7 Å². The molecule has 7 heteroatoms. The van der Waals surface area contributed by atoms with Crippen molar-refractivity contribution in [3.05, 3.63) is 0 Å². The van der Waals surface area contributed by atoms with E-state index in [0.717, 1.165) is 77.0 Å². The Morgan fingerprint density at radius 1 is 0.463 bits per heavy atom. The van der Waals surface area contributed by atoms with Crippen LogP contribution in [0.1, 0.15) is 240 Å². The molecule has 0 fully saturated rings. The Morgan fingerprint density at radius 3 is 1.33 bits per heavy atom. The number of Topliss-reactive ketones (excluding diaryl/α,β-unsaturated/α-hetero) is 1. The minimum atomic E-state index is -0.358. The minimum Gasteiger partial charge on any atom is -0.465 e. The number of rotatable bonds is 41. The molecule has 318 valence electrons. The molecular weight excluding hydrogens is 675 g/mol. The topological polar surface area (TPSA) is 90.0 Å². The molecule has 0 aromatic rings. The number of carbonyl (C=O) groups is 4. The van der Waals surface area contributed by atoms with Gasteiger partial charge in [0.25, 0.3) is 0 Å². The Hall–Kier alpha value is -1.92. The Morgan fingerprint density at radius 2 is 0.852 bits per heavy atom. The van der Waals surface area contributed by atoms with Gasteiger partial charge < -0.3 is 14.4 Å². The van der Waals surface area contributed by atoms with Crippen LogP contribution in [0.2, 0.25) is 0 Å². The van der Waals surface area contributed by atoms with Gasteiger partial charge >= 0.3 is 11.9 Å². The van der Waals surface area contributed by atoms with Gasteiger partial charge in [-0.2, -0.15) is 0 Å². The first-order valence-corrected chi connectivity index (χ1v) is 23.4. The number of ether oxygens (including phenoxy) is 2. The van der Waals surface area contributed by atoms with Crippen LogP contribution in [-0.4, -0.2) is 55.3 Å². The largest absolute Gasteiger partial charge is 0.465 e. The van der Waals surface area contributed by atoms with Crippen LogP contribution in [-0.2, 0) is 28.7 Å². The molecule has 0 aliphatic rings. The molecule has 0 bridgehead atoms. The summed E-state index contributed by atoms with van der Waals surface area (Å²) in [7, 11) is 1.71. The summed E-state index contributed by atoms with van der Waals surface area (Å²) in [5.74, 6) is 0.375. The molecule has 2 unspecified atom stereocenters. The van der Waals surface area contributed by atoms with E-state index >= 15 is 0 Å². The van der Waals surface area contributed by atoms with Crippen LogP contribution in [0, 0.1) is 11.8 Å².